The van der Waals surface area contributed by atoms with Crippen LogP contribution in [0.25, 0.3) is 0 Å². The van der Waals surface area contributed by atoms with Crippen molar-refractivity contribution in [3.8, 4) is 0 Å². The zero-order valence-electron chi connectivity index (χ0n) is 17.0. The standard InChI is InChI=1S/C20H20N4O4S3/c1-9-4-5-10(2)13(6-9)16(25)21-14-17(26)24-15(19(27)28)12(7-29-18(14)24)8-30-20-23-22-11(3)31-20/h4-6,14,18H,7-8H2,1-3H3,(H,21,25)(H,27,28). The fraction of sp³-hybridized carbons (Fsp3) is 0.350. The van der Waals surface area contributed by atoms with Crippen molar-refractivity contribution in [2.45, 2.75) is 36.5 Å². The van der Waals surface area contributed by atoms with Crippen molar-refractivity contribution in [1.82, 2.24) is 20.4 Å². The van der Waals surface area contributed by atoms with Crippen molar-refractivity contribution in [3.63, 3.8) is 0 Å². The van der Waals surface area contributed by atoms with Crippen LogP contribution in [0.5, 0.6) is 0 Å². The van der Waals surface area contributed by atoms with Crippen molar-refractivity contribution >= 4 is 52.6 Å². The molecular weight excluding hydrogens is 456 g/mol. The molecule has 162 valence electrons. The predicted molar refractivity (Wildman–Crippen MR) is 120 cm³/mol. The molecule has 3 heterocycles. The monoisotopic (exact) mass is 476 g/mol. The number of thioether (sulfide) groups is 2. The molecule has 31 heavy (non-hydrogen) atoms. The van der Waals surface area contributed by atoms with Gasteiger partial charge in [0.05, 0.1) is 0 Å². The second-order valence-electron chi connectivity index (χ2n) is 7.31. The van der Waals surface area contributed by atoms with E-state index < -0.39 is 23.3 Å². The quantitative estimate of drug-likeness (QED) is 0.483. The lowest BCUT2D eigenvalue weighted by Gasteiger charge is -2.49. The molecule has 1 aromatic carbocycles. The van der Waals surface area contributed by atoms with E-state index in [4.69, 9.17) is 0 Å². The van der Waals surface area contributed by atoms with Gasteiger partial charge >= 0.3 is 5.97 Å². The molecule has 8 nitrogen and oxygen atoms in total. The van der Waals surface area contributed by atoms with E-state index in [2.05, 4.69) is 15.5 Å². The summed E-state index contributed by atoms with van der Waals surface area (Å²) in [5.74, 6) is -0.978. The number of carboxylic acids is 1. The van der Waals surface area contributed by atoms with Gasteiger partial charge in [-0.1, -0.05) is 40.8 Å². The Labute approximate surface area is 191 Å². The Bertz CT molecular complexity index is 1110. The molecule has 0 bridgehead atoms. The van der Waals surface area contributed by atoms with Gasteiger partial charge in [0.25, 0.3) is 11.8 Å². The van der Waals surface area contributed by atoms with Gasteiger partial charge in [-0.3, -0.25) is 14.5 Å². The summed E-state index contributed by atoms with van der Waals surface area (Å²) in [6, 6.07) is 4.83. The first-order valence-electron chi connectivity index (χ1n) is 9.47. The van der Waals surface area contributed by atoms with Crippen LogP contribution in [-0.2, 0) is 9.59 Å². The molecule has 0 radical (unpaired) electrons. The highest BCUT2D eigenvalue weighted by molar-refractivity contribution is 8.01. The average Bonchev–Trinajstić information content (AvgIpc) is 3.16. The number of hydrogen-bond acceptors (Lipinski definition) is 8. The molecule has 2 unspecified atom stereocenters. The van der Waals surface area contributed by atoms with Crippen LogP contribution in [0.15, 0.2) is 33.8 Å². The number of carboxylic acid groups (broad SMARTS) is 1. The van der Waals surface area contributed by atoms with Crippen molar-refractivity contribution in [3.05, 3.63) is 51.2 Å². The van der Waals surface area contributed by atoms with Crippen molar-refractivity contribution < 1.29 is 19.5 Å². The number of aryl methyl sites for hydroxylation is 3. The fourth-order valence-corrected chi connectivity index (χ4v) is 6.78. The van der Waals surface area contributed by atoms with Crippen LogP contribution in [0.2, 0.25) is 0 Å². The molecule has 2 amide bonds. The highest BCUT2D eigenvalue weighted by Crippen LogP contribution is 2.41. The summed E-state index contributed by atoms with van der Waals surface area (Å²) in [4.78, 5) is 38.8. The third kappa shape index (κ3) is 4.21. The van der Waals surface area contributed by atoms with E-state index in [9.17, 15) is 19.5 Å². The van der Waals surface area contributed by atoms with Crippen LogP contribution in [0.3, 0.4) is 0 Å². The van der Waals surface area contributed by atoms with Crippen molar-refractivity contribution in [2.75, 3.05) is 11.5 Å². The summed E-state index contributed by atoms with van der Waals surface area (Å²) in [5.41, 5.74) is 2.97. The van der Waals surface area contributed by atoms with Gasteiger partial charge in [-0.2, -0.15) is 0 Å². The Kier molecular flexibility index (Phi) is 6.09. The summed E-state index contributed by atoms with van der Waals surface area (Å²) in [5, 5.41) is 21.0. The average molecular weight is 477 g/mol. The smallest absolute Gasteiger partial charge is 0.352 e. The van der Waals surface area contributed by atoms with Gasteiger partial charge in [0.2, 0.25) is 0 Å². The number of nitrogens with one attached hydrogen (secondary N) is 1. The Balaban J connectivity index is 1.50. The number of amides is 2. The summed E-state index contributed by atoms with van der Waals surface area (Å²) in [6.07, 6.45) is 0. The molecule has 2 aliphatic rings. The number of carbonyl (C=O) groups is 3. The minimum Gasteiger partial charge on any atom is -0.477 e. The Morgan fingerprint density at radius 3 is 2.74 bits per heavy atom. The van der Waals surface area contributed by atoms with E-state index in [0.29, 0.717) is 22.6 Å². The first kappa shape index (κ1) is 21.8. The van der Waals surface area contributed by atoms with Crippen LogP contribution in [0.1, 0.15) is 26.5 Å². The molecule has 0 spiro atoms. The number of fused-ring (bicyclic) bond motifs is 1. The number of carbonyl (C=O) groups excluding carboxylic acids is 2. The number of hydrogen-bond donors (Lipinski definition) is 2. The number of aliphatic carboxylic acids is 1. The zero-order valence-corrected chi connectivity index (χ0v) is 19.5. The van der Waals surface area contributed by atoms with Crippen LogP contribution in [0.4, 0.5) is 0 Å². The minimum atomic E-state index is -1.14. The molecule has 1 aromatic heterocycles. The zero-order chi connectivity index (χ0) is 22.3. The van der Waals surface area contributed by atoms with Crippen LogP contribution >= 0.6 is 34.9 Å². The van der Waals surface area contributed by atoms with E-state index >= 15 is 0 Å². The molecule has 1 fully saturated rings. The van der Waals surface area contributed by atoms with E-state index in [1.807, 2.05) is 32.9 Å². The summed E-state index contributed by atoms with van der Waals surface area (Å²) < 4.78 is 0.760. The molecular formula is C20H20N4O4S3. The number of β-lactam (4-membered cyclic amide) rings is 1. The van der Waals surface area contributed by atoms with Gasteiger partial charge in [-0.15, -0.1) is 22.0 Å². The van der Waals surface area contributed by atoms with E-state index in [0.717, 1.165) is 20.5 Å². The molecule has 11 heteroatoms. The normalized spacial score (nSPS) is 20.4. The molecule has 2 N–H and O–H groups in total. The predicted octanol–water partition coefficient (Wildman–Crippen LogP) is 2.61. The highest BCUT2D eigenvalue weighted by atomic mass is 32.2. The summed E-state index contributed by atoms with van der Waals surface area (Å²) in [6.45, 7) is 5.60. The van der Waals surface area contributed by atoms with Crippen molar-refractivity contribution in [1.29, 1.82) is 0 Å². The lowest BCUT2D eigenvalue weighted by Crippen LogP contribution is -2.70. The van der Waals surface area contributed by atoms with Gasteiger partial charge in [-0.25, -0.2) is 4.79 Å². The van der Waals surface area contributed by atoms with E-state index in [-0.39, 0.29) is 11.6 Å². The first-order chi connectivity index (χ1) is 14.8. The topological polar surface area (TPSA) is 112 Å². The molecule has 2 atom stereocenters. The number of nitrogens with zero attached hydrogens (tertiary/aromatic N) is 3. The molecule has 2 aromatic rings. The molecule has 2 aliphatic heterocycles. The van der Waals surface area contributed by atoms with Gasteiger partial charge in [0.1, 0.15) is 22.1 Å². The highest BCUT2D eigenvalue weighted by Gasteiger charge is 2.54. The van der Waals surface area contributed by atoms with Crippen LogP contribution < -0.4 is 5.32 Å². The minimum absolute atomic E-state index is 0.0136. The third-order valence-corrected chi connectivity index (χ3v) is 8.45. The van der Waals surface area contributed by atoms with Gasteiger partial charge in [0, 0.05) is 17.1 Å². The second kappa shape index (κ2) is 8.64. The Morgan fingerprint density at radius 2 is 2.06 bits per heavy atom. The van der Waals surface area contributed by atoms with E-state index in [1.165, 1.54) is 39.8 Å². The summed E-state index contributed by atoms with van der Waals surface area (Å²) >= 11 is 4.32. The summed E-state index contributed by atoms with van der Waals surface area (Å²) in [7, 11) is 0. The molecule has 1 saturated heterocycles. The van der Waals surface area contributed by atoms with Crippen LogP contribution in [-0.4, -0.2) is 60.9 Å². The van der Waals surface area contributed by atoms with Gasteiger partial charge < -0.3 is 10.4 Å². The SMILES string of the molecule is Cc1ccc(C)c(C(=O)NC2C(=O)N3C(C(=O)O)=C(CSc4nnc(C)s4)CSC23)c1. The van der Waals surface area contributed by atoms with Crippen molar-refractivity contribution in [2.24, 2.45) is 0 Å². The Hall–Kier alpha value is -2.37. The van der Waals surface area contributed by atoms with Gasteiger partial charge in [-0.05, 0) is 38.0 Å². The number of aromatic nitrogens is 2. The molecule has 0 aliphatic carbocycles. The Morgan fingerprint density at radius 1 is 1.29 bits per heavy atom. The lowest BCUT2D eigenvalue weighted by molar-refractivity contribution is -0.148. The lowest BCUT2D eigenvalue weighted by atomic mass is 10.0. The molecule has 4 rings (SSSR count). The fourth-order valence-electron chi connectivity index (χ4n) is 3.48. The molecule has 0 saturated carbocycles. The number of rotatable bonds is 6. The largest absolute Gasteiger partial charge is 0.477 e. The second-order valence-corrected chi connectivity index (χ2v) is 10.8. The maximum Gasteiger partial charge on any atom is 0.352 e. The first-order valence-corrected chi connectivity index (χ1v) is 12.3. The van der Waals surface area contributed by atoms with Gasteiger partial charge in [0.15, 0.2) is 4.34 Å². The number of benzene rings is 1. The maximum atomic E-state index is 12.8. The maximum absolute atomic E-state index is 12.8. The van der Waals surface area contributed by atoms with E-state index in [1.54, 1.807) is 6.07 Å². The third-order valence-electron chi connectivity index (χ3n) is 5.05. The van der Waals surface area contributed by atoms with Crippen LogP contribution in [0, 0.1) is 20.8 Å².